The molecular formula is C19H22O6. The molecule has 0 aromatic heterocycles. The van der Waals surface area contributed by atoms with Crippen molar-refractivity contribution in [3.05, 3.63) is 47.0 Å². The molecule has 25 heavy (non-hydrogen) atoms. The predicted molar refractivity (Wildman–Crippen MR) is 93.5 cm³/mol. The first-order chi connectivity index (χ1) is 12.0. The molecule has 2 aromatic carbocycles. The van der Waals surface area contributed by atoms with Gasteiger partial charge in [-0.25, -0.2) is 4.79 Å². The maximum atomic E-state index is 11.6. The van der Waals surface area contributed by atoms with Crippen LogP contribution >= 0.6 is 0 Å². The fraction of sp³-hybridized carbons (Fsp3) is 0.316. The van der Waals surface area contributed by atoms with Gasteiger partial charge in [-0.15, -0.1) is 0 Å². The SMILES string of the molecule is COc1ccc(CCc2c(C(=O)O)ccc(OC)c2OC)cc1OC. The third-order valence-electron chi connectivity index (χ3n) is 3.99. The van der Waals surface area contributed by atoms with E-state index in [0.717, 1.165) is 5.56 Å². The molecule has 0 unspecified atom stereocenters. The van der Waals surface area contributed by atoms with Gasteiger partial charge in [-0.3, -0.25) is 0 Å². The average Bonchev–Trinajstić information content (AvgIpc) is 2.64. The van der Waals surface area contributed by atoms with Gasteiger partial charge in [-0.1, -0.05) is 6.07 Å². The summed E-state index contributed by atoms with van der Waals surface area (Å²) in [5, 5.41) is 9.46. The number of carboxylic acid groups (broad SMARTS) is 1. The summed E-state index contributed by atoms with van der Waals surface area (Å²) in [7, 11) is 6.19. The quantitative estimate of drug-likeness (QED) is 0.791. The molecule has 0 amide bonds. The van der Waals surface area contributed by atoms with Gasteiger partial charge in [-0.05, 0) is 42.7 Å². The summed E-state index contributed by atoms with van der Waals surface area (Å²) in [6.45, 7) is 0. The highest BCUT2D eigenvalue weighted by atomic mass is 16.5. The van der Waals surface area contributed by atoms with Crippen molar-refractivity contribution in [3.8, 4) is 23.0 Å². The molecule has 0 saturated carbocycles. The molecule has 0 spiro atoms. The molecule has 1 N–H and O–H groups in total. The topological polar surface area (TPSA) is 74.2 Å². The molecule has 0 bridgehead atoms. The Hall–Kier alpha value is -2.89. The lowest BCUT2D eigenvalue weighted by atomic mass is 9.98. The molecule has 2 aromatic rings. The molecule has 0 radical (unpaired) electrons. The van der Waals surface area contributed by atoms with Crippen molar-refractivity contribution in [1.29, 1.82) is 0 Å². The van der Waals surface area contributed by atoms with Gasteiger partial charge in [0.2, 0.25) is 0 Å². The van der Waals surface area contributed by atoms with Gasteiger partial charge in [0.05, 0.1) is 34.0 Å². The molecule has 6 heteroatoms. The lowest BCUT2D eigenvalue weighted by Crippen LogP contribution is -2.07. The van der Waals surface area contributed by atoms with Gasteiger partial charge in [0, 0.05) is 5.56 Å². The Labute approximate surface area is 146 Å². The van der Waals surface area contributed by atoms with Gasteiger partial charge in [0.1, 0.15) is 0 Å². The largest absolute Gasteiger partial charge is 0.493 e. The zero-order valence-corrected chi connectivity index (χ0v) is 14.8. The van der Waals surface area contributed by atoms with Crippen LogP contribution in [0.1, 0.15) is 21.5 Å². The third kappa shape index (κ3) is 3.96. The van der Waals surface area contributed by atoms with Crippen molar-refractivity contribution < 1.29 is 28.8 Å². The molecule has 0 aliphatic heterocycles. The Morgan fingerprint density at radius 1 is 0.840 bits per heavy atom. The fourth-order valence-corrected chi connectivity index (χ4v) is 2.74. The number of benzene rings is 2. The summed E-state index contributed by atoms with van der Waals surface area (Å²) in [4.78, 5) is 11.6. The number of hydrogen-bond acceptors (Lipinski definition) is 5. The predicted octanol–water partition coefficient (Wildman–Crippen LogP) is 3.20. The highest BCUT2D eigenvalue weighted by Gasteiger charge is 2.19. The summed E-state index contributed by atoms with van der Waals surface area (Å²) in [5.74, 6) is 1.24. The van der Waals surface area contributed by atoms with Gasteiger partial charge in [0.15, 0.2) is 23.0 Å². The van der Waals surface area contributed by atoms with Crippen molar-refractivity contribution in [2.24, 2.45) is 0 Å². The van der Waals surface area contributed by atoms with Crippen molar-refractivity contribution in [3.63, 3.8) is 0 Å². The zero-order valence-electron chi connectivity index (χ0n) is 14.8. The number of carbonyl (C=O) groups is 1. The van der Waals surface area contributed by atoms with Crippen LogP contribution < -0.4 is 18.9 Å². The summed E-state index contributed by atoms with van der Waals surface area (Å²) in [6.07, 6.45) is 1.10. The van der Waals surface area contributed by atoms with E-state index in [9.17, 15) is 9.90 Å². The number of ether oxygens (including phenoxy) is 4. The number of aromatic carboxylic acids is 1. The van der Waals surface area contributed by atoms with Crippen LogP contribution in [0.5, 0.6) is 23.0 Å². The van der Waals surface area contributed by atoms with E-state index < -0.39 is 5.97 Å². The molecule has 0 aliphatic carbocycles. The van der Waals surface area contributed by atoms with E-state index >= 15 is 0 Å². The van der Waals surface area contributed by atoms with Gasteiger partial charge < -0.3 is 24.1 Å². The standard InChI is InChI=1S/C19H22O6/c1-22-15-9-6-12(11-17(15)24-3)5-7-13-14(19(20)21)8-10-16(23-2)18(13)25-4/h6,8-11H,5,7H2,1-4H3,(H,20,21). The van der Waals surface area contributed by atoms with Gasteiger partial charge in [0.25, 0.3) is 0 Å². The minimum absolute atomic E-state index is 0.207. The Balaban J connectivity index is 2.35. The first kappa shape index (κ1) is 18.4. The molecule has 2 rings (SSSR count). The van der Waals surface area contributed by atoms with Crippen molar-refractivity contribution >= 4 is 5.97 Å². The molecule has 0 saturated heterocycles. The molecule has 0 heterocycles. The lowest BCUT2D eigenvalue weighted by Gasteiger charge is -2.15. The number of rotatable bonds is 8. The van der Waals surface area contributed by atoms with Crippen LogP contribution in [-0.2, 0) is 12.8 Å². The van der Waals surface area contributed by atoms with E-state index in [2.05, 4.69) is 0 Å². The first-order valence-electron chi connectivity index (χ1n) is 7.73. The van der Waals surface area contributed by atoms with E-state index in [1.165, 1.54) is 20.3 Å². The minimum Gasteiger partial charge on any atom is -0.493 e. The minimum atomic E-state index is -0.997. The zero-order chi connectivity index (χ0) is 18.4. The van der Waals surface area contributed by atoms with Crippen LogP contribution in [0.25, 0.3) is 0 Å². The van der Waals surface area contributed by atoms with Crippen LogP contribution in [0.15, 0.2) is 30.3 Å². The Morgan fingerprint density at radius 2 is 1.48 bits per heavy atom. The van der Waals surface area contributed by atoms with Crippen LogP contribution in [0.2, 0.25) is 0 Å². The first-order valence-corrected chi connectivity index (χ1v) is 7.73. The molecule has 6 nitrogen and oxygen atoms in total. The Morgan fingerprint density at radius 3 is 2.04 bits per heavy atom. The molecule has 0 aliphatic rings. The van der Waals surface area contributed by atoms with Gasteiger partial charge >= 0.3 is 5.97 Å². The second-order valence-electron chi connectivity index (χ2n) is 5.32. The normalized spacial score (nSPS) is 10.2. The fourth-order valence-electron chi connectivity index (χ4n) is 2.74. The van der Waals surface area contributed by atoms with Crippen LogP contribution in [0, 0.1) is 0 Å². The van der Waals surface area contributed by atoms with E-state index in [1.54, 1.807) is 20.3 Å². The second kappa shape index (κ2) is 8.28. The van der Waals surface area contributed by atoms with E-state index in [4.69, 9.17) is 18.9 Å². The Kier molecular flexibility index (Phi) is 6.11. The van der Waals surface area contributed by atoms with E-state index in [-0.39, 0.29) is 5.56 Å². The number of aryl methyl sites for hydroxylation is 1. The van der Waals surface area contributed by atoms with Crippen LogP contribution in [-0.4, -0.2) is 39.5 Å². The molecule has 0 fully saturated rings. The van der Waals surface area contributed by atoms with Crippen molar-refractivity contribution in [2.45, 2.75) is 12.8 Å². The van der Waals surface area contributed by atoms with Crippen molar-refractivity contribution in [1.82, 2.24) is 0 Å². The number of hydrogen-bond donors (Lipinski definition) is 1. The maximum Gasteiger partial charge on any atom is 0.336 e. The summed E-state index contributed by atoms with van der Waals surface area (Å²) < 4.78 is 21.2. The summed E-state index contributed by atoms with van der Waals surface area (Å²) >= 11 is 0. The highest BCUT2D eigenvalue weighted by Crippen LogP contribution is 2.35. The third-order valence-corrected chi connectivity index (χ3v) is 3.99. The molecule has 0 atom stereocenters. The summed E-state index contributed by atoms with van der Waals surface area (Å²) in [5.41, 5.74) is 1.81. The van der Waals surface area contributed by atoms with Crippen LogP contribution in [0.4, 0.5) is 0 Å². The van der Waals surface area contributed by atoms with E-state index in [0.29, 0.717) is 41.4 Å². The maximum absolute atomic E-state index is 11.6. The lowest BCUT2D eigenvalue weighted by molar-refractivity contribution is 0.0695. The molecular weight excluding hydrogens is 324 g/mol. The van der Waals surface area contributed by atoms with Crippen molar-refractivity contribution in [2.75, 3.05) is 28.4 Å². The Bertz CT molecular complexity index is 754. The average molecular weight is 346 g/mol. The van der Waals surface area contributed by atoms with E-state index in [1.807, 2.05) is 18.2 Å². The second-order valence-corrected chi connectivity index (χ2v) is 5.32. The molecule has 134 valence electrons. The van der Waals surface area contributed by atoms with Gasteiger partial charge in [-0.2, -0.15) is 0 Å². The smallest absolute Gasteiger partial charge is 0.336 e. The monoisotopic (exact) mass is 346 g/mol. The highest BCUT2D eigenvalue weighted by molar-refractivity contribution is 5.90. The number of methoxy groups -OCH3 is 4. The summed E-state index contributed by atoms with van der Waals surface area (Å²) in [6, 6.07) is 8.77. The van der Waals surface area contributed by atoms with Crippen LogP contribution in [0.3, 0.4) is 0 Å². The number of carboxylic acids is 1.